The lowest BCUT2D eigenvalue weighted by Gasteiger charge is -2.15. The van der Waals surface area contributed by atoms with Gasteiger partial charge in [0.15, 0.2) is 16.4 Å². The van der Waals surface area contributed by atoms with Gasteiger partial charge < -0.3 is 5.32 Å². The Morgan fingerprint density at radius 3 is 2.93 bits per heavy atom. The molecule has 0 spiro atoms. The number of nitrogens with zero attached hydrogens (tertiary/aromatic N) is 5. The molecule has 1 atom stereocenters. The molecule has 1 unspecified atom stereocenters. The van der Waals surface area contributed by atoms with E-state index in [1.165, 1.54) is 40.8 Å². The van der Waals surface area contributed by atoms with Gasteiger partial charge in [-0.3, -0.25) is 14.5 Å². The molecule has 0 fully saturated rings. The molecule has 142 valence electrons. The number of rotatable bonds is 5. The lowest BCUT2D eigenvalue weighted by Crippen LogP contribution is -2.24. The zero-order valence-corrected chi connectivity index (χ0v) is 16.2. The standard InChI is InChI=1S/C17H14FN7OS2/c1-10(25-15(22-23-17(25)27)14-3-2-6-28-14)16(26)21-11-4-5-13(12(18)7-11)24-9-19-8-20-24/h2-10H,1H3,(H,21,26)(H,23,27). The molecule has 3 aromatic heterocycles. The van der Waals surface area contributed by atoms with Crippen molar-refractivity contribution in [3.05, 3.63) is 59.0 Å². The van der Waals surface area contributed by atoms with E-state index in [9.17, 15) is 9.18 Å². The van der Waals surface area contributed by atoms with Gasteiger partial charge in [-0.05, 0) is 48.8 Å². The topological polar surface area (TPSA) is 93.4 Å². The van der Waals surface area contributed by atoms with E-state index in [1.54, 1.807) is 17.6 Å². The lowest BCUT2D eigenvalue weighted by molar-refractivity contribution is -0.118. The first-order chi connectivity index (χ1) is 13.5. The summed E-state index contributed by atoms with van der Waals surface area (Å²) in [5.74, 6) is -0.297. The summed E-state index contributed by atoms with van der Waals surface area (Å²) in [6.45, 7) is 1.71. The van der Waals surface area contributed by atoms with Crippen LogP contribution in [0.1, 0.15) is 13.0 Å². The van der Waals surface area contributed by atoms with Crippen LogP contribution in [-0.2, 0) is 4.79 Å². The third-order valence-corrected chi connectivity index (χ3v) is 5.25. The molecule has 0 aliphatic carbocycles. The Hall–Kier alpha value is -3.18. The van der Waals surface area contributed by atoms with Gasteiger partial charge in [0.05, 0.1) is 4.88 Å². The van der Waals surface area contributed by atoms with Gasteiger partial charge in [-0.25, -0.2) is 14.1 Å². The van der Waals surface area contributed by atoms with Crippen LogP contribution >= 0.6 is 23.6 Å². The lowest BCUT2D eigenvalue weighted by atomic mass is 10.2. The van der Waals surface area contributed by atoms with E-state index in [2.05, 4.69) is 25.6 Å². The van der Waals surface area contributed by atoms with Gasteiger partial charge in [0.2, 0.25) is 5.91 Å². The monoisotopic (exact) mass is 415 g/mol. The van der Waals surface area contributed by atoms with E-state index in [-0.39, 0.29) is 11.6 Å². The average Bonchev–Trinajstić information content (AvgIpc) is 3.43. The maximum atomic E-state index is 14.4. The summed E-state index contributed by atoms with van der Waals surface area (Å²) in [5, 5.41) is 15.5. The molecule has 0 aliphatic rings. The van der Waals surface area contributed by atoms with Gasteiger partial charge in [-0.15, -0.1) is 11.3 Å². The minimum Gasteiger partial charge on any atom is -0.324 e. The number of H-pyrrole nitrogens is 1. The van der Waals surface area contributed by atoms with Crippen molar-refractivity contribution >= 4 is 35.1 Å². The second-order valence-electron chi connectivity index (χ2n) is 5.87. The normalized spacial score (nSPS) is 12.1. The van der Waals surface area contributed by atoms with Crippen LogP contribution in [-0.4, -0.2) is 35.4 Å². The van der Waals surface area contributed by atoms with Gasteiger partial charge in [0.25, 0.3) is 0 Å². The summed E-state index contributed by atoms with van der Waals surface area (Å²) in [5.41, 5.74) is 0.562. The van der Waals surface area contributed by atoms with E-state index in [0.29, 0.717) is 16.3 Å². The van der Waals surface area contributed by atoms with Gasteiger partial charge in [-0.2, -0.15) is 10.2 Å². The number of aromatic amines is 1. The number of halogens is 1. The number of hydrogen-bond acceptors (Lipinski definition) is 6. The average molecular weight is 415 g/mol. The molecule has 1 aromatic carbocycles. The molecule has 2 N–H and O–H groups in total. The fraction of sp³-hybridized carbons (Fsp3) is 0.118. The van der Waals surface area contributed by atoms with Crippen LogP contribution in [0.3, 0.4) is 0 Å². The summed E-state index contributed by atoms with van der Waals surface area (Å²) in [7, 11) is 0. The third kappa shape index (κ3) is 3.37. The molecule has 0 aliphatic heterocycles. The number of amides is 1. The summed E-state index contributed by atoms with van der Waals surface area (Å²) < 4.78 is 17.7. The van der Waals surface area contributed by atoms with Crippen molar-refractivity contribution in [2.45, 2.75) is 13.0 Å². The first-order valence-corrected chi connectivity index (χ1v) is 9.49. The van der Waals surface area contributed by atoms with Crippen molar-refractivity contribution in [1.82, 2.24) is 29.5 Å². The molecular formula is C17H14FN7OS2. The first kappa shape index (κ1) is 18.2. The van der Waals surface area contributed by atoms with Crippen LogP contribution in [0.4, 0.5) is 10.1 Å². The Bertz CT molecular complexity index is 1160. The van der Waals surface area contributed by atoms with Crippen LogP contribution in [0.15, 0.2) is 48.4 Å². The third-order valence-electron chi connectivity index (χ3n) is 4.09. The number of carbonyl (C=O) groups excluding carboxylic acids is 1. The Balaban J connectivity index is 1.57. The maximum absolute atomic E-state index is 14.4. The molecule has 3 heterocycles. The molecule has 28 heavy (non-hydrogen) atoms. The number of hydrogen-bond donors (Lipinski definition) is 2. The molecule has 8 nitrogen and oxygen atoms in total. The molecule has 11 heteroatoms. The SMILES string of the molecule is CC(C(=O)Nc1ccc(-n2cncn2)c(F)c1)n1c(-c2cccs2)n[nH]c1=S. The van der Waals surface area contributed by atoms with E-state index in [0.717, 1.165) is 4.88 Å². The number of nitrogens with one attached hydrogen (secondary N) is 2. The molecule has 0 bridgehead atoms. The molecule has 0 radical (unpaired) electrons. The molecule has 0 saturated heterocycles. The number of anilines is 1. The summed E-state index contributed by atoms with van der Waals surface area (Å²) in [6.07, 6.45) is 2.71. The van der Waals surface area contributed by atoms with E-state index in [4.69, 9.17) is 12.2 Å². The fourth-order valence-corrected chi connectivity index (χ4v) is 3.71. The Kier molecular flexibility index (Phi) is 4.84. The summed E-state index contributed by atoms with van der Waals surface area (Å²) in [4.78, 5) is 17.4. The van der Waals surface area contributed by atoms with Crippen molar-refractivity contribution < 1.29 is 9.18 Å². The Morgan fingerprint density at radius 2 is 2.25 bits per heavy atom. The second kappa shape index (κ2) is 7.44. The molecule has 1 amide bonds. The van der Waals surface area contributed by atoms with Crippen LogP contribution in [0.2, 0.25) is 0 Å². The van der Waals surface area contributed by atoms with Crippen LogP contribution < -0.4 is 5.32 Å². The predicted octanol–water partition coefficient (Wildman–Crippen LogP) is 3.59. The number of thiophene rings is 1. The highest BCUT2D eigenvalue weighted by molar-refractivity contribution is 7.71. The number of benzene rings is 1. The Labute approximate surface area is 167 Å². The minimum absolute atomic E-state index is 0.237. The zero-order chi connectivity index (χ0) is 19.7. The van der Waals surface area contributed by atoms with Crippen molar-refractivity contribution in [2.24, 2.45) is 0 Å². The highest BCUT2D eigenvalue weighted by Gasteiger charge is 2.22. The summed E-state index contributed by atoms with van der Waals surface area (Å²) in [6, 6.07) is 7.49. The molecule has 4 rings (SSSR count). The number of aromatic nitrogens is 6. The highest BCUT2D eigenvalue weighted by atomic mass is 32.1. The fourth-order valence-electron chi connectivity index (χ4n) is 2.71. The van der Waals surface area contributed by atoms with E-state index >= 15 is 0 Å². The van der Waals surface area contributed by atoms with Crippen molar-refractivity contribution in [3.8, 4) is 16.4 Å². The van der Waals surface area contributed by atoms with Crippen LogP contribution in [0.5, 0.6) is 0 Å². The van der Waals surface area contributed by atoms with Gasteiger partial charge >= 0.3 is 0 Å². The largest absolute Gasteiger partial charge is 0.324 e. The minimum atomic E-state index is -0.651. The van der Waals surface area contributed by atoms with Crippen LogP contribution in [0.25, 0.3) is 16.4 Å². The smallest absolute Gasteiger partial charge is 0.247 e. The Morgan fingerprint density at radius 1 is 1.39 bits per heavy atom. The zero-order valence-electron chi connectivity index (χ0n) is 14.5. The van der Waals surface area contributed by atoms with Crippen molar-refractivity contribution in [2.75, 3.05) is 5.32 Å². The second-order valence-corrected chi connectivity index (χ2v) is 7.21. The molecule has 0 saturated carbocycles. The molecule has 4 aromatic rings. The molecular weight excluding hydrogens is 401 g/mol. The van der Waals surface area contributed by atoms with E-state index < -0.39 is 11.9 Å². The van der Waals surface area contributed by atoms with Crippen LogP contribution in [0, 0.1) is 10.6 Å². The quantitative estimate of drug-likeness (QED) is 0.486. The summed E-state index contributed by atoms with van der Waals surface area (Å²) >= 11 is 6.78. The maximum Gasteiger partial charge on any atom is 0.247 e. The van der Waals surface area contributed by atoms with Gasteiger partial charge in [-0.1, -0.05) is 6.07 Å². The predicted molar refractivity (Wildman–Crippen MR) is 105 cm³/mol. The number of carbonyl (C=O) groups is 1. The highest BCUT2D eigenvalue weighted by Crippen LogP contribution is 2.26. The van der Waals surface area contributed by atoms with Crippen molar-refractivity contribution in [3.63, 3.8) is 0 Å². The van der Waals surface area contributed by atoms with E-state index in [1.807, 2.05) is 17.5 Å². The first-order valence-electron chi connectivity index (χ1n) is 8.21. The van der Waals surface area contributed by atoms with Crippen molar-refractivity contribution in [1.29, 1.82) is 0 Å². The van der Waals surface area contributed by atoms with Gasteiger partial charge in [0.1, 0.15) is 24.4 Å². The van der Waals surface area contributed by atoms with Gasteiger partial charge in [0, 0.05) is 5.69 Å².